The third kappa shape index (κ3) is 4.85. The molecule has 1 aromatic rings. The Kier molecular flexibility index (Phi) is 5.09. The van der Waals surface area contributed by atoms with Gasteiger partial charge >= 0.3 is 6.09 Å². The van der Waals surface area contributed by atoms with Crippen LogP contribution in [0.1, 0.15) is 39.2 Å². The SMILES string of the molecule is CC(C)(C)OC(=O)N1CCC(Nc2ccc(C#N)cc2F)CC1. The van der Waals surface area contributed by atoms with Crippen LogP contribution in [0.4, 0.5) is 14.9 Å². The zero-order valence-corrected chi connectivity index (χ0v) is 13.7. The highest BCUT2D eigenvalue weighted by Crippen LogP contribution is 2.21. The fourth-order valence-electron chi connectivity index (χ4n) is 2.45. The number of ether oxygens (including phenoxy) is 1. The number of nitrogens with one attached hydrogen (secondary N) is 1. The molecule has 1 saturated heterocycles. The van der Waals surface area contributed by atoms with Crippen molar-refractivity contribution < 1.29 is 13.9 Å². The van der Waals surface area contributed by atoms with E-state index in [4.69, 9.17) is 10.00 Å². The fourth-order valence-corrected chi connectivity index (χ4v) is 2.45. The number of hydrogen-bond acceptors (Lipinski definition) is 4. The van der Waals surface area contributed by atoms with Crippen molar-refractivity contribution in [3.05, 3.63) is 29.6 Å². The van der Waals surface area contributed by atoms with E-state index in [1.807, 2.05) is 26.8 Å². The number of carbonyl (C=O) groups excluding carboxylic acids is 1. The van der Waals surface area contributed by atoms with Crippen molar-refractivity contribution in [2.45, 2.75) is 45.3 Å². The topological polar surface area (TPSA) is 65.4 Å². The van der Waals surface area contributed by atoms with E-state index in [9.17, 15) is 9.18 Å². The summed E-state index contributed by atoms with van der Waals surface area (Å²) in [6, 6.07) is 6.39. The van der Waals surface area contributed by atoms with Crippen molar-refractivity contribution in [1.29, 1.82) is 5.26 Å². The molecule has 124 valence electrons. The molecule has 23 heavy (non-hydrogen) atoms. The van der Waals surface area contributed by atoms with Gasteiger partial charge in [-0.2, -0.15) is 5.26 Å². The molecule has 1 N–H and O–H groups in total. The van der Waals surface area contributed by atoms with E-state index in [-0.39, 0.29) is 12.1 Å². The van der Waals surface area contributed by atoms with Crippen molar-refractivity contribution >= 4 is 11.8 Å². The van der Waals surface area contributed by atoms with E-state index in [1.165, 1.54) is 6.07 Å². The summed E-state index contributed by atoms with van der Waals surface area (Å²) in [5, 5.41) is 11.9. The Morgan fingerprint density at radius 3 is 2.57 bits per heavy atom. The van der Waals surface area contributed by atoms with Crippen LogP contribution < -0.4 is 5.32 Å². The highest BCUT2D eigenvalue weighted by atomic mass is 19.1. The molecule has 0 aromatic heterocycles. The minimum atomic E-state index is -0.502. The van der Waals surface area contributed by atoms with Gasteiger partial charge in [0.05, 0.1) is 17.3 Å². The summed E-state index contributed by atoms with van der Waals surface area (Å²) >= 11 is 0. The highest BCUT2D eigenvalue weighted by Gasteiger charge is 2.27. The molecule has 0 saturated carbocycles. The zero-order chi connectivity index (χ0) is 17.0. The van der Waals surface area contributed by atoms with Crippen LogP contribution in [-0.2, 0) is 4.74 Å². The molecule has 0 bridgehead atoms. The van der Waals surface area contributed by atoms with Gasteiger partial charge in [0.1, 0.15) is 11.4 Å². The maximum Gasteiger partial charge on any atom is 0.410 e. The van der Waals surface area contributed by atoms with E-state index in [2.05, 4.69) is 5.32 Å². The number of hydrogen-bond donors (Lipinski definition) is 1. The van der Waals surface area contributed by atoms with E-state index in [0.29, 0.717) is 24.3 Å². The van der Waals surface area contributed by atoms with Crippen LogP contribution in [0, 0.1) is 17.1 Å². The highest BCUT2D eigenvalue weighted by molar-refractivity contribution is 5.68. The normalized spacial score (nSPS) is 15.9. The summed E-state index contributed by atoms with van der Waals surface area (Å²) in [6.45, 7) is 6.67. The lowest BCUT2D eigenvalue weighted by atomic mass is 10.0. The smallest absolute Gasteiger partial charge is 0.410 e. The Bertz CT molecular complexity index is 611. The Labute approximate surface area is 136 Å². The van der Waals surface area contributed by atoms with Crippen LogP contribution >= 0.6 is 0 Å². The molecule has 0 radical (unpaired) electrons. The van der Waals surface area contributed by atoms with Gasteiger partial charge in [0, 0.05) is 19.1 Å². The summed E-state index contributed by atoms with van der Waals surface area (Å²) in [4.78, 5) is 13.7. The maximum absolute atomic E-state index is 13.9. The quantitative estimate of drug-likeness (QED) is 0.906. The molecule has 0 spiro atoms. The largest absolute Gasteiger partial charge is 0.444 e. The van der Waals surface area contributed by atoms with Crippen molar-refractivity contribution in [2.75, 3.05) is 18.4 Å². The first-order valence-corrected chi connectivity index (χ1v) is 7.72. The van der Waals surface area contributed by atoms with Gasteiger partial charge in [-0.15, -0.1) is 0 Å². The molecule has 6 heteroatoms. The lowest BCUT2D eigenvalue weighted by Gasteiger charge is -2.34. The molecular formula is C17H22FN3O2. The Hall–Kier alpha value is -2.29. The predicted octanol–water partition coefficient (Wildman–Crippen LogP) is 3.51. The number of nitriles is 1. The zero-order valence-electron chi connectivity index (χ0n) is 13.7. The molecule has 1 fully saturated rings. The number of carbonyl (C=O) groups is 1. The van der Waals surface area contributed by atoms with Crippen LogP contribution in [0.3, 0.4) is 0 Å². The summed E-state index contributed by atoms with van der Waals surface area (Å²) in [5.41, 5.74) is 0.185. The molecular weight excluding hydrogens is 297 g/mol. The molecule has 1 heterocycles. The average Bonchev–Trinajstić information content (AvgIpc) is 2.48. The van der Waals surface area contributed by atoms with Crippen LogP contribution in [0.5, 0.6) is 0 Å². The number of rotatable bonds is 2. The predicted molar refractivity (Wildman–Crippen MR) is 85.6 cm³/mol. The van der Waals surface area contributed by atoms with Gasteiger partial charge < -0.3 is 15.0 Å². The number of nitrogens with zero attached hydrogens (tertiary/aromatic N) is 2. The Balaban J connectivity index is 1.88. The molecule has 2 rings (SSSR count). The first-order valence-electron chi connectivity index (χ1n) is 7.72. The summed E-state index contributed by atoms with van der Waals surface area (Å²) in [6.07, 6.45) is 1.14. The second-order valence-electron chi connectivity index (χ2n) is 6.69. The molecule has 0 unspecified atom stereocenters. The van der Waals surface area contributed by atoms with Gasteiger partial charge in [0.15, 0.2) is 0 Å². The Morgan fingerprint density at radius 2 is 2.04 bits per heavy atom. The maximum atomic E-state index is 13.9. The average molecular weight is 319 g/mol. The molecule has 1 aliphatic heterocycles. The standard InChI is InChI=1S/C17H22FN3O2/c1-17(2,3)23-16(22)21-8-6-13(7-9-21)20-15-5-4-12(11-19)10-14(15)18/h4-5,10,13,20H,6-9H2,1-3H3. The summed E-state index contributed by atoms with van der Waals surface area (Å²) < 4.78 is 19.2. The van der Waals surface area contributed by atoms with E-state index in [0.717, 1.165) is 12.8 Å². The van der Waals surface area contributed by atoms with E-state index in [1.54, 1.807) is 17.0 Å². The second-order valence-corrected chi connectivity index (χ2v) is 6.69. The van der Waals surface area contributed by atoms with Crippen molar-refractivity contribution in [3.8, 4) is 6.07 Å². The number of likely N-dealkylation sites (tertiary alicyclic amines) is 1. The minimum Gasteiger partial charge on any atom is -0.444 e. The van der Waals surface area contributed by atoms with Gasteiger partial charge in [-0.05, 0) is 51.8 Å². The molecule has 1 aliphatic rings. The lowest BCUT2D eigenvalue weighted by molar-refractivity contribution is 0.0210. The molecule has 1 aromatic carbocycles. The van der Waals surface area contributed by atoms with Gasteiger partial charge in [-0.25, -0.2) is 9.18 Å². The summed E-state index contributed by atoms with van der Waals surface area (Å²) in [5.74, 6) is -0.432. The summed E-state index contributed by atoms with van der Waals surface area (Å²) in [7, 11) is 0. The second kappa shape index (κ2) is 6.86. The van der Waals surface area contributed by atoms with Crippen LogP contribution in [0.15, 0.2) is 18.2 Å². The van der Waals surface area contributed by atoms with Gasteiger partial charge in [0.25, 0.3) is 0 Å². The first-order chi connectivity index (χ1) is 10.8. The minimum absolute atomic E-state index is 0.0936. The molecule has 1 amide bonds. The number of piperidine rings is 1. The van der Waals surface area contributed by atoms with Crippen LogP contribution in [-0.4, -0.2) is 35.7 Å². The van der Waals surface area contributed by atoms with Crippen LogP contribution in [0.25, 0.3) is 0 Å². The van der Waals surface area contributed by atoms with Crippen LogP contribution in [0.2, 0.25) is 0 Å². The first kappa shape index (κ1) is 17.1. The number of amides is 1. The molecule has 0 aliphatic carbocycles. The number of halogens is 1. The van der Waals surface area contributed by atoms with Crippen molar-refractivity contribution in [1.82, 2.24) is 4.90 Å². The molecule has 5 nitrogen and oxygen atoms in total. The molecule has 0 atom stereocenters. The van der Waals surface area contributed by atoms with Crippen molar-refractivity contribution in [3.63, 3.8) is 0 Å². The number of benzene rings is 1. The third-order valence-corrected chi connectivity index (χ3v) is 3.60. The van der Waals surface area contributed by atoms with Gasteiger partial charge in [-0.3, -0.25) is 0 Å². The third-order valence-electron chi connectivity index (χ3n) is 3.60. The van der Waals surface area contributed by atoms with Gasteiger partial charge in [-0.1, -0.05) is 0 Å². The van der Waals surface area contributed by atoms with Gasteiger partial charge in [0.2, 0.25) is 0 Å². The van der Waals surface area contributed by atoms with Crippen molar-refractivity contribution in [2.24, 2.45) is 0 Å². The monoisotopic (exact) mass is 319 g/mol. The fraction of sp³-hybridized carbons (Fsp3) is 0.529. The number of anilines is 1. The Morgan fingerprint density at radius 1 is 1.39 bits per heavy atom. The van der Waals surface area contributed by atoms with E-state index < -0.39 is 11.4 Å². The van der Waals surface area contributed by atoms with E-state index >= 15 is 0 Å². The lowest BCUT2D eigenvalue weighted by Crippen LogP contribution is -2.44.